The maximum Gasteiger partial charge on any atom is 0.0961 e. The Kier molecular flexibility index (Phi) is 7.32. The average molecular weight is 283 g/mol. The molecule has 118 valence electrons. The van der Waals surface area contributed by atoms with Gasteiger partial charge < -0.3 is 9.84 Å². The Balaban J connectivity index is 1.52. The molecule has 2 aliphatic rings. The smallest absolute Gasteiger partial charge is 0.0961 e. The highest BCUT2D eigenvalue weighted by molar-refractivity contribution is 4.87. The number of nitrogens with zero attached hydrogens (tertiary/aromatic N) is 1. The van der Waals surface area contributed by atoms with Gasteiger partial charge in [-0.05, 0) is 25.8 Å². The summed E-state index contributed by atoms with van der Waals surface area (Å²) in [6, 6.07) is 0.636. The van der Waals surface area contributed by atoms with Gasteiger partial charge in [0, 0.05) is 12.6 Å². The maximum absolute atomic E-state index is 10.3. The first-order chi connectivity index (χ1) is 9.81. The molecule has 0 spiro atoms. The van der Waals surface area contributed by atoms with E-state index in [9.17, 15) is 5.11 Å². The van der Waals surface area contributed by atoms with E-state index >= 15 is 0 Å². The fourth-order valence-electron chi connectivity index (χ4n) is 3.57. The first kappa shape index (κ1) is 16.3. The first-order valence-corrected chi connectivity index (χ1v) is 8.85. The van der Waals surface area contributed by atoms with Gasteiger partial charge in [0.15, 0.2) is 0 Å². The zero-order valence-corrected chi connectivity index (χ0v) is 13.2. The topological polar surface area (TPSA) is 32.7 Å². The van der Waals surface area contributed by atoms with Gasteiger partial charge in [0.05, 0.1) is 18.8 Å². The van der Waals surface area contributed by atoms with Crippen molar-refractivity contribution in [3.63, 3.8) is 0 Å². The SMILES string of the molecule is CCCCCCCCCC(O)C1CN2CCCC2CO1. The number of ether oxygens (including phenoxy) is 1. The van der Waals surface area contributed by atoms with Crippen molar-refractivity contribution in [2.24, 2.45) is 0 Å². The first-order valence-electron chi connectivity index (χ1n) is 8.85. The predicted octanol–water partition coefficient (Wildman–Crippen LogP) is 3.35. The van der Waals surface area contributed by atoms with Crippen LogP contribution in [0.3, 0.4) is 0 Å². The van der Waals surface area contributed by atoms with Crippen LogP contribution in [0.2, 0.25) is 0 Å². The largest absolute Gasteiger partial charge is 0.390 e. The van der Waals surface area contributed by atoms with E-state index in [1.165, 1.54) is 57.9 Å². The van der Waals surface area contributed by atoms with Crippen LogP contribution in [-0.4, -0.2) is 48.0 Å². The minimum atomic E-state index is -0.257. The molecule has 0 aromatic rings. The van der Waals surface area contributed by atoms with Crippen LogP contribution < -0.4 is 0 Å². The number of unbranched alkanes of at least 4 members (excludes halogenated alkanes) is 6. The molecular weight excluding hydrogens is 250 g/mol. The quantitative estimate of drug-likeness (QED) is 0.659. The monoisotopic (exact) mass is 283 g/mol. The van der Waals surface area contributed by atoms with Crippen molar-refractivity contribution in [1.29, 1.82) is 0 Å². The second-order valence-corrected chi connectivity index (χ2v) is 6.64. The fourth-order valence-corrected chi connectivity index (χ4v) is 3.57. The molecule has 3 nitrogen and oxygen atoms in total. The summed E-state index contributed by atoms with van der Waals surface area (Å²) < 4.78 is 5.87. The normalized spacial score (nSPS) is 28.5. The van der Waals surface area contributed by atoms with E-state index in [0.717, 1.165) is 26.0 Å². The summed E-state index contributed by atoms with van der Waals surface area (Å²) in [5.74, 6) is 0. The minimum Gasteiger partial charge on any atom is -0.390 e. The van der Waals surface area contributed by atoms with E-state index in [4.69, 9.17) is 4.74 Å². The third kappa shape index (κ3) is 5.01. The van der Waals surface area contributed by atoms with Gasteiger partial charge in [-0.25, -0.2) is 0 Å². The summed E-state index contributed by atoms with van der Waals surface area (Å²) in [6.07, 6.45) is 12.5. The van der Waals surface area contributed by atoms with Crippen LogP contribution in [0.5, 0.6) is 0 Å². The number of rotatable bonds is 9. The van der Waals surface area contributed by atoms with Gasteiger partial charge in [-0.15, -0.1) is 0 Å². The van der Waals surface area contributed by atoms with Crippen LogP contribution in [0.15, 0.2) is 0 Å². The lowest BCUT2D eigenvalue weighted by atomic mass is 10.0. The molecule has 2 fully saturated rings. The van der Waals surface area contributed by atoms with Gasteiger partial charge in [-0.3, -0.25) is 4.90 Å². The van der Waals surface area contributed by atoms with Gasteiger partial charge in [-0.2, -0.15) is 0 Å². The molecule has 0 saturated carbocycles. The van der Waals surface area contributed by atoms with E-state index in [-0.39, 0.29) is 12.2 Å². The van der Waals surface area contributed by atoms with E-state index in [1.54, 1.807) is 0 Å². The number of aliphatic hydroxyl groups excluding tert-OH is 1. The number of morpholine rings is 1. The van der Waals surface area contributed by atoms with E-state index in [1.807, 2.05) is 0 Å². The van der Waals surface area contributed by atoms with Crippen molar-refractivity contribution in [3.05, 3.63) is 0 Å². The number of hydrogen-bond acceptors (Lipinski definition) is 3. The Hall–Kier alpha value is -0.120. The molecule has 3 unspecified atom stereocenters. The van der Waals surface area contributed by atoms with Crippen molar-refractivity contribution in [3.8, 4) is 0 Å². The third-order valence-electron chi connectivity index (χ3n) is 4.95. The summed E-state index contributed by atoms with van der Waals surface area (Å²) in [7, 11) is 0. The van der Waals surface area contributed by atoms with Crippen LogP contribution in [0.1, 0.15) is 71.1 Å². The molecule has 0 amide bonds. The number of fused-ring (bicyclic) bond motifs is 1. The minimum absolute atomic E-state index is 0.0597. The molecule has 2 saturated heterocycles. The van der Waals surface area contributed by atoms with Gasteiger partial charge in [-0.1, -0.05) is 51.9 Å². The summed E-state index contributed by atoms with van der Waals surface area (Å²) in [5, 5.41) is 10.3. The molecule has 3 atom stereocenters. The van der Waals surface area contributed by atoms with Crippen LogP contribution in [0, 0.1) is 0 Å². The third-order valence-corrected chi connectivity index (χ3v) is 4.95. The lowest BCUT2D eigenvalue weighted by Gasteiger charge is -2.37. The molecule has 0 bridgehead atoms. The molecule has 0 radical (unpaired) electrons. The Morgan fingerprint density at radius 2 is 1.90 bits per heavy atom. The average Bonchev–Trinajstić information content (AvgIpc) is 2.93. The molecule has 2 aliphatic heterocycles. The summed E-state index contributed by atoms with van der Waals surface area (Å²) in [4.78, 5) is 2.52. The highest BCUT2D eigenvalue weighted by Crippen LogP contribution is 2.25. The molecule has 20 heavy (non-hydrogen) atoms. The standard InChI is InChI=1S/C17H33NO2/c1-2-3-4-5-6-7-8-11-16(19)17-13-18-12-9-10-15(18)14-20-17/h15-17,19H,2-14H2,1H3. The highest BCUT2D eigenvalue weighted by atomic mass is 16.5. The lowest BCUT2D eigenvalue weighted by molar-refractivity contribution is -0.104. The van der Waals surface area contributed by atoms with Crippen LogP contribution >= 0.6 is 0 Å². The Morgan fingerprint density at radius 1 is 1.15 bits per heavy atom. The van der Waals surface area contributed by atoms with Crippen LogP contribution in [0.25, 0.3) is 0 Å². The van der Waals surface area contributed by atoms with Gasteiger partial charge in [0.2, 0.25) is 0 Å². The van der Waals surface area contributed by atoms with Crippen molar-refractivity contribution in [2.75, 3.05) is 19.7 Å². The van der Waals surface area contributed by atoms with Crippen molar-refractivity contribution in [1.82, 2.24) is 4.90 Å². The molecule has 0 aromatic heterocycles. The van der Waals surface area contributed by atoms with Crippen molar-refractivity contribution >= 4 is 0 Å². The highest BCUT2D eigenvalue weighted by Gasteiger charge is 2.34. The van der Waals surface area contributed by atoms with Gasteiger partial charge >= 0.3 is 0 Å². The lowest BCUT2D eigenvalue weighted by Crippen LogP contribution is -2.50. The number of aliphatic hydroxyl groups is 1. The fraction of sp³-hybridized carbons (Fsp3) is 1.00. The van der Waals surface area contributed by atoms with Crippen LogP contribution in [0.4, 0.5) is 0 Å². The summed E-state index contributed by atoms with van der Waals surface area (Å²) >= 11 is 0. The van der Waals surface area contributed by atoms with E-state index < -0.39 is 0 Å². The molecule has 0 aliphatic carbocycles. The van der Waals surface area contributed by atoms with Crippen LogP contribution in [-0.2, 0) is 4.74 Å². The zero-order valence-electron chi connectivity index (χ0n) is 13.2. The Morgan fingerprint density at radius 3 is 2.70 bits per heavy atom. The second-order valence-electron chi connectivity index (χ2n) is 6.64. The van der Waals surface area contributed by atoms with E-state index in [2.05, 4.69) is 11.8 Å². The molecule has 1 N–H and O–H groups in total. The molecule has 2 rings (SSSR count). The van der Waals surface area contributed by atoms with E-state index in [0.29, 0.717) is 6.04 Å². The maximum atomic E-state index is 10.3. The van der Waals surface area contributed by atoms with Crippen molar-refractivity contribution in [2.45, 2.75) is 89.4 Å². The summed E-state index contributed by atoms with van der Waals surface area (Å²) in [5.41, 5.74) is 0. The number of hydrogen-bond donors (Lipinski definition) is 1. The second kappa shape index (κ2) is 9.01. The molecular formula is C17H33NO2. The molecule has 2 heterocycles. The Labute approximate surface area is 124 Å². The zero-order chi connectivity index (χ0) is 14.2. The van der Waals surface area contributed by atoms with Gasteiger partial charge in [0.25, 0.3) is 0 Å². The predicted molar refractivity (Wildman–Crippen MR) is 83.0 cm³/mol. The van der Waals surface area contributed by atoms with Gasteiger partial charge in [0.1, 0.15) is 0 Å². The summed E-state index contributed by atoms with van der Waals surface area (Å²) in [6.45, 7) is 5.24. The molecule has 0 aromatic carbocycles. The van der Waals surface area contributed by atoms with Crippen molar-refractivity contribution < 1.29 is 9.84 Å². The Bertz CT molecular complexity index is 259. The molecule has 3 heteroatoms.